The van der Waals surface area contributed by atoms with Crippen molar-refractivity contribution in [1.82, 2.24) is 10.0 Å². The molecule has 0 aromatic carbocycles. The van der Waals surface area contributed by atoms with Gasteiger partial charge in [0.25, 0.3) is 0 Å². The SMILES string of the molecule is CN1CC=CN1CCO. The number of rotatable bonds is 2. The molecule has 0 aromatic rings. The third kappa shape index (κ3) is 1.43. The van der Waals surface area contributed by atoms with Crippen LogP contribution in [0.2, 0.25) is 0 Å². The predicted octanol–water partition coefficient (Wildman–Crippen LogP) is -0.345. The van der Waals surface area contributed by atoms with Crippen LogP contribution in [0, 0.1) is 0 Å². The molecule has 0 spiro atoms. The lowest BCUT2D eigenvalue weighted by atomic mass is 10.6. The number of hydrazine groups is 1. The largest absolute Gasteiger partial charge is 0.394 e. The Balaban J connectivity index is 2.31. The van der Waals surface area contributed by atoms with Crippen LogP contribution in [0.15, 0.2) is 12.3 Å². The number of β-amino-alcohol motifs (C(OH)–C–C–N with tert-alkyl or cyclic N) is 1. The van der Waals surface area contributed by atoms with Gasteiger partial charge >= 0.3 is 0 Å². The van der Waals surface area contributed by atoms with E-state index in [4.69, 9.17) is 5.11 Å². The van der Waals surface area contributed by atoms with Crippen LogP contribution in [-0.4, -0.2) is 41.9 Å². The molecule has 1 aliphatic rings. The average molecular weight is 128 g/mol. The summed E-state index contributed by atoms with van der Waals surface area (Å²) in [7, 11) is 2.00. The molecule has 1 N–H and O–H groups in total. The number of aliphatic hydroxyl groups excluding tert-OH is 1. The van der Waals surface area contributed by atoms with Gasteiger partial charge in [0.2, 0.25) is 0 Å². The van der Waals surface area contributed by atoms with Crippen molar-refractivity contribution in [1.29, 1.82) is 0 Å². The lowest BCUT2D eigenvalue weighted by Crippen LogP contribution is -2.33. The van der Waals surface area contributed by atoms with E-state index in [1.807, 2.05) is 18.3 Å². The fraction of sp³-hybridized carbons (Fsp3) is 0.667. The van der Waals surface area contributed by atoms with Crippen molar-refractivity contribution < 1.29 is 5.11 Å². The highest BCUT2D eigenvalue weighted by Crippen LogP contribution is 2.02. The average Bonchev–Trinajstić information content (AvgIpc) is 2.18. The maximum absolute atomic E-state index is 8.54. The Bertz CT molecular complexity index is 114. The van der Waals surface area contributed by atoms with E-state index in [-0.39, 0.29) is 6.61 Å². The Morgan fingerprint density at radius 3 is 2.89 bits per heavy atom. The summed E-state index contributed by atoms with van der Waals surface area (Å²) in [4.78, 5) is 0. The molecule has 0 aromatic heterocycles. The molecule has 0 fully saturated rings. The summed E-state index contributed by atoms with van der Waals surface area (Å²) in [6, 6.07) is 0. The first kappa shape index (κ1) is 6.58. The summed E-state index contributed by atoms with van der Waals surface area (Å²) in [5.74, 6) is 0. The van der Waals surface area contributed by atoms with E-state index in [2.05, 4.69) is 11.1 Å². The molecule has 3 heteroatoms. The van der Waals surface area contributed by atoms with Gasteiger partial charge in [-0.25, -0.2) is 5.01 Å². The summed E-state index contributed by atoms with van der Waals surface area (Å²) >= 11 is 0. The second-order valence-corrected chi connectivity index (χ2v) is 2.11. The van der Waals surface area contributed by atoms with Crippen molar-refractivity contribution >= 4 is 0 Å². The van der Waals surface area contributed by atoms with Gasteiger partial charge < -0.3 is 10.1 Å². The van der Waals surface area contributed by atoms with Crippen LogP contribution in [0.5, 0.6) is 0 Å². The van der Waals surface area contributed by atoms with Crippen LogP contribution in [0.4, 0.5) is 0 Å². The number of hydrogen-bond donors (Lipinski definition) is 1. The molecule has 1 rings (SSSR count). The van der Waals surface area contributed by atoms with E-state index >= 15 is 0 Å². The molecular formula is C6H12N2O. The van der Waals surface area contributed by atoms with Crippen molar-refractivity contribution in [2.75, 3.05) is 26.7 Å². The molecule has 0 radical (unpaired) electrons. The lowest BCUT2D eigenvalue weighted by molar-refractivity contribution is 0.0638. The van der Waals surface area contributed by atoms with E-state index in [0.29, 0.717) is 6.54 Å². The quantitative estimate of drug-likeness (QED) is 0.551. The fourth-order valence-electron chi connectivity index (χ4n) is 0.888. The second-order valence-electron chi connectivity index (χ2n) is 2.11. The monoisotopic (exact) mass is 128 g/mol. The fourth-order valence-corrected chi connectivity index (χ4v) is 0.888. The van der Waals surface area contributed by atoms with Crippen LogP contribution < -0.4 is 0 Å². The molecule has 52 valence electrons. The minimum Gasteiger partial charge on any atom is -0.394 e. The lowest BCUT2D eigenvalue weighted by Gasteiger charge is -2.23. The molecular weight excluding hydrogens is 116 g/mol. The second kappa shape index (κ2) is 2.85. The van der Waals surface area contributed by atoms with Gasteiger partial charge in [0, 0.05) is 19.8 Å². The summed E-state index contributed by atoms with van der Waals surface area (Å²) in [5.41, 5.74) is 0. The van der Waals surface area contributed by atoms with Gasteiger partial charge in [-0.1, -0.05) is 6.08 Å². The smallest absolute Gasteiger partial charge is 0.0622 e. The molecule has 9 heavy (non-hydrogen) atoms. The number of hydrogen-bond acceptors (Lipinski definition) is 3. The molecule has 3 nitrogen and oxygen atoms in total. The molecule has 0 atom stereocenters. The molecule has 0 amide bonds. The van der Waals surface area contributed by atoms with Crippen LogP contribution >= 0.6 is 0 Å². The predicted molar refractivity (Wildman–Crippen MR) is 35.6 cm³/mol. The zero-order valence-corrected chi connectivity index (χ0v) is 5.62. The first-order valence-corrected chi connectivity index (χ1v) is 3.10. The van der Waals surface area contributed by atoms with Crippen LogP contribution in [0.1, 0.15) is 0 Å². The summed E-state index contributed by atoms with van der Waals surface area (Å²) in [5, 5.41) is 12.6. The summed E-state index contributed by atoms with van der Waals surface area (Å²) in [6.45, 7) is 1.88. The van der Waals surface area contributed by atoms with Gasteiger partial charge in [-0.2, -0.15) is 0 Å². The Morgan fingerprint density at radius 2 is 2.44 bits per heavy atom. The molecule has 1 heterocycles. The van der Waals surface area contributed by atoms with Crippen molar-refractivity contribution in [2.45, 2.75) is 0 Å². The van der Waals surface area contributed by atoms with Crippen molar-refractivity contribution in [3.8, 4) is 0 Å². The van der Waals surface area contributed by atoms with Crippen LogP contribution in [0.3, 0.4) is 0 Å². The third-order valence-electron chi connectivity index (χ3n) is 1.41. The van der Waals surface area contributed by atoms with E-state index in [1.54, 1.807) is 0 Å². The zero-order chi connectivity index (χ0) is 6.69. The van der Waals surface area contributed by atoms with Gasteiger partial charge in [0.1, 0.15) is 0 Å². The van der Waals surface area contributed by atoms with E-state index in [9.17, 15) is 0 Å². The van der Waals surface area contributed by atoms with E-state index < -0.39 is 0 Å². The highest BCUT2D eigenvalue weighted by molar-refractivity contribution is 4.89. The van der Waals surface area contributed by atoms with Crippen molar-refractivity contribution in [2.24, 2.45) is 0 Å². The Hall–Kier alpha value is -0.540. The highest BCUT2D eigenvalue weighted by Gasteiger charge is 2.08. The van der Waals surface area contributed by atoms with Crippen LogP contribution in [0.25, 0.3) is 0 Å². The van der Waals surface area contributed by atoms with Crippen molar-refractivity contribution in [3.63, 3.8) is 0 Å². The molecule has 0 bridgehead atoms. The summed E-state index contributed by atoms with van der Waals surface area (Å²) < 4.78 is 0. The van der Waals surface area contributed by atoms with E-state index in [1.165, 1.54) is 0 Å². The van der Waals surface area contributed by atoms with Gasteiger partial charge in [-0.15, -0.1) is 0 Å². The van der Waals surface area contributed by atoms with E-state index in [0.717, 1.165) is 6.54 Å². The Kier molecular flexibility index (Phi) is 2.08. The van der Waals surface area contributed by atoms with Crippen LogP contribution in [-0.2, 0) is 0 Å². The maximum atomic E-state index is 8.54. The van der Waals surface area contributed by atoms with Gasteiger partial charge in [-0.3, -0.25) is 0 Å². The maximum Gasteiger partial charge on any atom is 0.0622 e. The normalized spacial score (nSPS) is 19.6. The van der Waals surface area contributed by atoms with Gasteiger partial charge in [-0.05, 0) is 0 Å². The molecule has 0 saturated heterocycles. The number of nitrogens with zero attached hydrogens (tertiary/aromatic N) is 2. The minimum absolute atomic E-state index is 0.217. The number of likely N-dealkylation sites (N-methyl/N-ethyl adjacent to an activating group) is 1. The first-order valence-electron chi connectivity index (χ1n) is 3.10. The molecule has 0 saturated carbocycles. The van der Waals surface area contributed by atoms with Crippen molar-refractivity contribution in [3.05, 3.63) is 12.3 Å². The number of aliphatic hydroxyl groups is 1. The third-order valence-corrected chi connectivity index (χ3v) is 1.41. The Morgan fingerprint density at radius 1 is 1.67 bits per heavy atom. The van der Waals surface area contributed by atoms with Gasteiger partial charge in [0.05, 0.1) is 13.2 Å². The standard InChI is InChI=1S/C6H12N2O/c1-7-3-2-4-8(7)5-6-9/h2,4,9H,3,5-6H2,1H3. The first-order chi connectivity index (χ1) is 4.34. The molecule has 0 aliphatic carbocycles. The zero-order valence-electron chi connectivity index (χ0n) is 5.62. The summed E-state index contributed by atoms with van der Waals surface area (Å²) in [6.07, 6.45) is 4.05. The molecule has 1 aliphatic heterocycles. The molecule has 0 unspecified atom stereocenters. The van der Waals surface area contributed by atoms with Gasteiger partial charge in [0.15, 0.2) is 0 Å². The Labute approximate surface area is 55.2 Å². The highest BCUT2D eigenvalue weighted by atomic mass is 16.3. The minimum atomic E-state index is 0.217. The topological polar surface area (TPSA) is 26.7 Å².